The minimum atomic E-state index is -0.863. The Morgan fingerprint density at radius 3 is 2.26 bits per heavy atom. The van der Waals surface area contributed by atoms with Crippen LogP contribution in [0.25, 0.3) is 0 Å². The Morgan fingerprint density at radius 2 is 1.79 bits per heavy atom. The predicted molar refractivity (Wildman–Crippen MR) is 74.8 cm³/mol. The standard InChI is InChI=1S/C15H27NO3/c1-15(2,3)12(10-14(18)19)16-13(17)9-11-7-5-4-6-8-11/h11-12H,4-10H2,1-3H3,(H,16,17)(H,18,19). The molecule has 0 aliphatic heterocycles. The summed E-state index contributed by atoms with van der Waals surface area (Å²) < 4.78 is 0. The van der Waals surface area contributed by atoms with Gasteiger partial charge in [0.1, 0.15) is 0 Å². The molecule has 1 rings (SSSR count). The van der Waals surface area contributed by atoms with E-state index in [0.717, 1.165) is 12.8 Å². The summed E-state index contributed by atoms with van der Waals surface area (Å²) in [6.45, 7) is 5.88. The highest BCUT2D eigenvalue weighted by atomic mass is 16.4. The molecular formula is C15H27NO3. The first-order chi connectivity index (χ1) is 8.79. The Bertz CT molecular complexity index is 314. The van der Waals surface area contributed by atoms with Crippen LogP contribution in [0.15, 0.2) is 0 Å². The largest absolute Gasteiger partial charge is 0.481 e. The van der Waals surface area contributed by atoms with Crippen LogP contribution in [0.3, 0.4) is 0 Å². The molecule has 0 aromatic carbocycles. The lowest BCUT2D eigenvalue weighted by Gasteiger charge is -2.31. The molecule has 1 fully saturated rings. The molecule has 0 radical (unpaired) electrons. The summed E-state index contributed by atoms with van der Waals surface area (Å²) in [4.78, 5) is 22.9. The fourth-order valence-electron chi connectivity index (χ4n) is 2.66. The normalized spacial score (nSPS) is 18.9. The summed E-state index contributed by atoms with van der Waals surface area (Å²) in [6, 6.07) is -0.305. The molecule has 0 spiro atoms. The van der Waals surface area contributed by atoms with Crippen molar-refractivity contribution in [2.24, 2.45) is 11.3 Å². The maximum absolute atomic E-state index is 12.0. The van der Waals surface area contributed by atoms with E-state index >= 15 is 0 Å². The van der Waals surface area contributed by atoms with E-state index in [1.54, 1.807) is 0 Å². The molecule has 2 N–H and O–H groups in total. The number of amides is 1. The molecular weight excluding hydrogens is 242 g/mol. The molecule has 1 atom stereocenters. The number of aliphatic carboxylic acids is 1. The summed E-state index contributed by atoms with van der Waals surface area (Å²) in [5.41, 5.74) is -0.236. The molecule has 0 heterocycles. The van der Waals surface area contributed by atoms with Crippen LogP contribution in [0.2, 0.25) is 0 Å². The third kappa shape index (κ3) is 6.08. The zero-order valence-electron chi connectivity index (χ0n) is 12.4. The van der Waals surface area contributed by atoms with Crippen molar-refractivity contribution in [3.63, 3.8) is 0 Å². The Morgan fingerprint density at radius 1 is 1.21 bits per heavy atom. The van der Waals surface area contributed by atoms with Crippen LogP contribution < -0.4 is 5.32 Å². The number of carboxylic acid groups (broad SMARTS) is 1. The molecule has 1 aliphatic carbocycles. The Balaban J connectivity index is 2.48. The van der Waals surface area contributed by atoms with Crippen molar-refractivity contribution in [3.05, 3.63) is 0 Å². The third-order valence-electron chi connectivity index (χ3n) is 3.96. The van der Waals surface area contributed by atoms with Gasteiger partial charge in [-0.25, -0.2) is 0 Å². The minimum absolute atomic E-state index is 0.00748. The molecule has 19 heavy (non-hydrogen) atoms. The number of rotatable bonds is 5. The first kappa shape index (κ1) is 16.0. The van der Waals surface area contributed by atoms with Gasteiger partial charge < -0.3 is 10.4 Å². The summed E-state index contributed by atoms with van der Waals surface area (Å²) in [5, 5.41) is 11.8. The van der Waals surface area contributed by atoms with Gasteiger partial charge in [0.15, 0.2) is 0 Å². The zero-order chi connectivity index (χ0) is 14.5. The van der Waals surface area contributed by atoms with Crippen LogP contribution in [-0.4, -0.2) is 23.0 Å². The fraction of sp³-hybridized carbons (Fsp3) is 0.867. The molecule has 1 amide bonds. The smallest absolute Gasteiger partial charge is 0.305 e. The van der Waals surface area contributed by atoms with Crippen molar-refractivity contribution in [1.82, 2.24) is 5.32 Å². The molecule has 0 aromatic rings. The number of carbonyl (C=O) groups is 2. The van der Waals surface area contributed by atoms with Gasteiger partial charge in [-0.2, -0.15) is 0 Å². The van der Waals surface area contributed by atoms with Gasteiger partial charge in [-0.15, -0.1) is 0 Å². The molecule has 0 aromatic heterocycles. The number of carbonyl (C=O) groups excluding carboxylic acids is 1. The van der Waals surface area contributed by atoms with Gasteiger partial charge in [-0.3, -0.25) is 9.59 Å². The van der Waals surface area contributed by atoms with Gasteiger partial charge in [-0.05, 0) is 24.2 Å². The van der Waals surface area contributed by atoms with Crippen LogP contribution in [0.4, 0.5) is 0 Å². The molecule has 1 aliphatic rings. The van der Waals surface area contributed by atoms with E-state index in [0.29, 0.717) is 12.3 Å². The van der Waals surface area contributed by atoms with Crippen molar-refractivity contribution < 1.29 is 14.7 Å². The molecule has 110 valence electrons. The van der Waals surface area contributed by atoms with Gasteiger partial charge in [0.05, 0.1) is 6.42 Å². The molecule has 4 nitrogen and oxygen atoms in total. The van der Waals surface area contributed by atoms with Gasteiger partial charge in [0.2, 0.25) is 5.91 Å². The summed E-state index contributed by atoms with van der Waals surface area (Å²) in [5.74, 6) is -0.370. The number of hydrogen-bond donors (Lipinski definition) is 2. The SMILES string of the molecule is CC(C)(C)C(CC(=O)O)NC(=O)CC1CCCCC1. The highest BCUT2D eigenvalue weighted by Gasteiger charge is 2.29. The van der Waals surface area contributed by atoms with E-state index in [9.17, 15) is 9.59 Å². The summed E-state index contributed by atoms with van der Waals surface area (Å²) >= 11 is 0. The van der Waals surface area contributed by atoms with E-state index in [1.165, 1.54) is 19.3 Å². The van der Waals surface area contributed by atoms with Crippen LogP contribution in [0.5, 0.6) is 0 Å². The van der Waals surface area contributed by atoms with Crippen LogP contribution in [-0.2, 0) is 9.59 Å². The second kappa shape index (κ2) is 6.92. The second-order valence-electron chi connectivity index (χ2n) is 6.79. The Labute approximate surface area is 116 Å². The van der Waals surface area contributed by atoms with Gasteiger partial charge in [0.25, 0.3) is 0 Å². The summed E-state index contributed by atoms with van der Waals surface area (Å²) in [7, 11) is 0. The van der Waals surface area contributed by atoms with Gasteiger partial charge in [-0.1, -0.05) is 40.0 Å². The first-order valence-corrected chi connectivity index (χ1v) is 7.30. The van der Waals surface area contributed by atoms with Gasteiger partial charge in [0, 0.05) is 12.5 Å². The van der Waals surface area contributed by atoms with E-state index in [-0.39, 0.29) is 23.8 Å². The number of hydrogen-bond acceptors (Lipinski definition) is 2. The van der Waals surface area contributed by atoms with E-state index in [2.05, 4.69) is 5.32 Å². The molecule has 1 unspecified atom stereocenters. The molecule has 0 bridgehead atoms. The van der Waals surface area contributed by atoms with Crippen molar-refractivity contribution in [2.45, 2.75) is 71.8 Å². The van der Waals surface area contributed by atoms with E-state index in [1.807, 2.05) is 20.8 Å². The Hall–Kier alpha value is -1.06. The highest BCUT2D eigenvalue weighted by molar-refractivity contribution is 5.77. The average Bonchev–Trinajstić information content (AvgIpc) is 2.27. The van der Waals surface area contributed by atoms with Crippen molar-refractivity contribution >= 4 is 11.9 Å². The molecule has 1 saturated carbocycles. The zero-order valence-corrected chi connectivity index (χ0v) is 12.4. The van der Waals surface area contributed by atoms with E-state index in [4.69, 9.17) is 5.11 Å². The lowest BCUT2D eigenvalue weighted by molar-refractivity contribution is -0.138. The number of carboxylic acids is 1. The second-order valence-corrected chi connectivity index (χ2v) is 6.79. The quantitative estimate of drug-likeness (QED) is 0.806. The lowest BCUT2D eigenvalue weighted by atomic mass is 9.83. The Kier molecular flexibility index (Phi) is 5.83. The maximum Gasteiger partial charge on any atom is 0.305 e. The average molecular weight is 269 g/mol. The van der Waals surface area contributed by atoms with Crippen LogP contribution in [0, 0.1) is 11.3 Å². The van der Waals surface area contributed by atoms with Crippen molar-refractivity contribution in [1.29, 1.82) is 0 Å². The minimum Gasteiger partial charge on any atom is -0.481 e. The third-order valence-corrected chi connectivity index (χ3v) is 3.96. The van der Waals surface area contributed by atoms with Crippen LogP contribution >= 0.6 is 0 Å². The lowest BCUT2D eigenvalue weighted by Crippen LogP contribution is -2.45. The topological polar surface area (TPSA) is 66.4 Å². The maximum atomic E-state index is 12.0. The van der Waals surface area contributed by atoms with Crippen molar-refractivity contribution in [3.8, 4) is 0 Å². The fourth-order valence-corrected chi connectivity index (χ4v) is 2.66. The predicted octanol–water partition coefficient (Wildman–Crippen LogP) is 2.96. The molecule has 0 saturated heterocycles. The van der Waals surface area contributed by atoms with Gasteiger partial charge >= 0.3 is 5.97 Å². The van der Waals surface area contributed by atoms with Crippen molar-refractivity contribution in [2.75, 3.05) is 0 Å². The number of nitrogens with one attached hydrogen (secondary N) is 1. The van der Waals surface area contributed by atoms with E-state index < -0.39 is 5.97 Å². The first-order valence-electron chi connectivity index (χ1n) is 7.30. The highest BCUT2D eigenvalue weighted by Crippen LogP contribution is 2.27. The monoisotopic (exact) mass is 269 g/mol. The summed E-state index contributed by atoms with van der Waals surface area (Å²) in [6.07, 6.45) is 6.51. The molecule has 4 heteroatoms. The van der Waals surface area contributed by atoms with Crippen LogP contribution in [0.1, 0.15) is 65.7 Å².